The zero-order chi connectivity index (χ0) is 32.4. The van der Waals surface area contributed by atoms with Gasteiger partial charge in [0.1, 0.15) is 23.9 Å². The van der Waals surface area contributed by atoms with E-state index < -0.39 is 37.6 Å². The van der Waals surface area contributed by atoms with E-state index in [-0.39, 0.29) is 61.9 Å². The van der Waals surface area contributed by atoms with E-state index >= 15 is 8.78 Å². The number of fused-ring (bicyclic) bond motifs is 1. The Bertz CT molecular complexity index is 1640. The lowest BCUT2D eigenvalue weighted by Gasteiger charge is -2.33. The molecule has 45 heavy (non-hydrogen) atoms. The molecule has 1 aliphatic rings. The second kappa shape index (κ2) is 13.4. The molecule has 12 heteroatoms. The summed E-state index contributed by atoms with van der Waals surface area (Å²) in [7, 11) is -1.34. The van der Waals surface area contributed by atoms with Crippen molar-refractivity contribution in [3.8, 4) is 22.6 Å². The first-order chi connectivity index (χ1) is 21.3. The smallest absolute Gasteiger partial charge is 0.263 e. The molecule has 2 aromatic carbocycles. The number of ether oxygens (including phenoxy) is 3. The molecule has 0 aliphatic carbocycles. The van der Waals surface area contributed by atoms with E-state index in [4.69, 9.17) is 14.2 Å². The standard InChI is InChI=1S/C33H35F5N2O4Si/c1-45(2,3)13-12-42-20-40-17-25(22-4-6-23(7-5-22)31(36)37)29-28(9-11-39-32(29)40)44-30-26(34)15-21(16-27(30)35)14-24(41)8-10-33(38)18-43-19-33/h4-7,9,11,15-17,31H,8,10,12-14,18-20H2,1-3H3. The van der Waals surface area contributed by atoms with Crippen LogP contribution in [0.2, 0.25) is 25.7 Å². The maximum atomic E-state index is 15.3. The van der Waals surface area contributed by atoms with Gasteiger partial charge in [-0.1, -0.05) is 43.9 Å². The Hall–Kier alpha value is -3.61. The highest BCUT2D eigenvalue weighted by Crippen LogP contribution is 2.40. The van der Waals surface area contributed by atoms with Crippen LogP contribution in [0.3, 0.4) is 0 Å². The molecule has 0 radical (unpaired) electrons. The lowest BCUT2D eigenvalue weighted by molar-refractivity contribution is -0.139. The Kier molecular flexibility index (Phi) is 9.76. The Morgan fingerprint density at radius 1 is 1.09 bits per heavy atom. The first kappa shape index (κ1) is 32.8. The fourth-order valence-corrected chi connectivity index (χ4v) is 5.76. The second-order valence-electron chi connectivity index (χ2n) is 12.6. The van der Waals surface area contributed by atoms with Crippen LogP contribution in [0.1, 0.15) is 30.4 Å². The number of carbonyl (C=O) groups is 1. The molecule has 3 heterocycles. The number of nitrogens with zero attached hydrogens (tertiary/aromatic N) is 2. The van der Waals surface area contributed by atoms with E-state index in [0.717, 1.165) is 18.2 Å². The van der Waals surface area contributed by atoms with Crippen molar-refractivity contribution in [2.24, 2.45) is 0 Å². The number of alkyl halides is 3. The van der Waals surface area contributed by atoms with Crippen molar-refractivity contribution in [2.75, 3.05) is 19.8 Å². The van der Waals surface area contributed by atoms with Crippen molar-refractivity contribution in [3.63, 3.8) is 0 Å². The Morgan fingerprint density at radius 2 is 1.78 bits per heavy atom. The molecule has 4 aromatic rings. The summed E-state index contributed by atoms with van der Waals surface area (Å²) >= 11 is 0. The molecule has 1 aliphatic heterocycles. The largest absolute Gasteiger partial charge is 0.450 e. The molecule has 1 fully saturated rings. The lowest BCUT2D eigenvalue weighted by atomic mass is 9.95. The fourth-order valence-electron chi connectivity index (χ4n) is 5.01. The molecule has 0 saturated carbocycles. The van der Waals surface area contributed by atoms with E-state index in [1.54, 1.807) is 22.9 Å². The third-order valence-electron chi connectivity index (χ3n) is 7.66. The van der Waals surface area contributed by atoms with Gasteiger partial charge in [-0.15, -0.1) is 0 Å². The molecule has 6 nitrogen and oxygen atoms in total. The number of ketones is 1. The van der Waals surface area contributed by atoms with Gasteiger partial charge in [0.25, 0.3) is 6.43 Å². The number of aromatic nitrogens is 2. The number of halogens is 5. The zero-order valence-electron chi connectivity index (χ0n) is 25.3. The van der Waals surface area contributed by atoms with Crippen LogP contribution < -0.4 is 4.74 Å². The molecule has 0 bridgehead atoms. The van der Waals surface area contributed by atoms with Crippen LogP contribution in [0.5, 0.6) is 11.5 Å². The van der Waals surface area contributed by atoms with Crippen molar-refractivity contribution in [3.05, 3.63) is 77.6 Å². The molecule has 5 rings (SSSR count). The molecule has 2 aromatic heterocycles. The van der Waals surface area contributed by atoms with Crippen molar-refractivity contribution in [2.45, 2.75) is 63.8 Å². The van der Waals surface area contributed by atoms with Gasteiger partial charge in [-0.3, -0.25) is 4.79 Å². The Labute approximate surface area is 259 Å². The molecular formula is C33H35F5N2O4Si. The number of benzene rings is 2. The predicted molar refractivity (Wildman–Crippen MR) is 163 cm³/mol. The number of rotatable bonds is 14. The van der Waals surface area contributed by atoms with Gasteiger partial charge in [-0.05, 0) is 41.8 Å². The average Bonchev–Trinajstić information content (AvgIpc) is 3.34. The maximum absolute atomic E-state index is 15.3. The third-order valence-corrected chi connectivity index (χ3v) is 9.37. The van der Waals surface area contributed by atoms with E-state index in [9.17, 15) is 18.0 Å². The second-order valence-corrected chi connectivity index (χ2v) is 18.3. The van der Waals surface area contributed by atoms with Crippen LogP contribution in [0, 0.1) is 11.6 Å². The normalized spacial score (nSPS) is 14.6. The van der Waals surface area contributed by atoms with Crippen molar-refractivity contribution < 1.29 is 41.0 Å². The third kappa shape index (κ3) is 7.97. The summed E-state index contributed by atoms with van der Waals surface area (Å²) in [6.45, 7) is 7.28. The van der Waals surface area contributed by atoms with E-state index in [0.29, 0.717) is 28.8 Å². The minimum absolute atomic E-state index is 0.00770. The quantitative estimate of drug-likeness (QED) is 0.0780. The molecule has 0 N–H and O–H groups in total. The van der Waals surface area contributed by atoms with Crippen LogP contribution in [0.25, 0.3) is 22.2 Å². The molecule has 1 saturated heterocycles. The number of carbonyl (C=O) groups excluding carboxylic acids is 1. The van der Waals surface area contributed by atoms with Gasteiger partial charge >= 0.3 is 0 Å². The highest BCUT2D eigenvalue weighted by Gasteiger charge is 2.38. The van der Waals surface area contributed by atoms with Crippen LogP contribution in [-0.4, -0.2) is 48.9 Å². The Morgan fingerprint density at radius 3 is 2.38 bits per heavy atom. The zero-order valence-corrected chi connectivity index (χ0v) is 26.3. The summed E-state index contributed by atoms with van der Waals surface area (Å²) < 4.78 is 89.5. The first-order valence-corrected chi connectivity index (χ1v) is 18.4. The van der Waals surface area contributed by atoms with Crippen LogP contribution in [-0.2, 0) is 27.4 Å². The summed E-state index contributed by atoms with van der Waals surface area (Å²) in [6.07, 6.45) is 0.206. The van der Waals surface area contributed by atoms with Gasteiger partial charge in [-0.25, -0.2) is 26.9 Å². The van der Waals surface area contributed by atoms with Crippen LogP contribution in [0.4, 0.5) is 22.0 Å². The fraction of sp³-hybridized carbons (Fsp3) is 0.394. The highest BCUT2D eigenvalue weighted by molar-refractivity contribution is 6.76. The Balaban J connectivity index is 1.43. The first-order valence-electron chi connectivity index (χ1n) is 14.7. The lowest BCUT2D eigenvalue weighted by Crippen LogP contribution is -2.45. The van der Waals surface area contributed by atoms with Gasteiger partial charge in [0.15, 0.2) is 23.1 Å². The van der Waals surface area contributed by atoms with Crippen molar-refractivity contribution in [1.29, 1.82) is 0 Å². The molecule has 0 spiro atoms. The van der Waals surface area contributed by atoms with E-state index in [1.165, 1.54) is 24.4 Å². The van der Waals surface area contributed by atoms with Crippen LogP contribution in [0.15, 0.2) is 54.9 Å². The molecular weight excluding hydrogens is 611 g/mol. The van der Waals surface area contributed by atoms with Gasteiger partial charge < -0.3 is 18.8 Å². The van der Waals surface area contributed by atoms with Gasteiger partial charge in [-0.2, -0.15) is 0 Å². The topological polar surface area (TPSA) is 62.6 Å². The maximum Gasteiger partial charge on any atom is 0.263 e. The molecule has 0 unspecified atom stereocenters. The molecule has 240 valence electrons. The molecule has 0 atom stereocenters. The van der Waals surface area contributed by atoms with Crippen LogP contribution >= 0.6 is 0 Å². The van der Waals surface area contributed by atoms with Gasteiger partial charge in [0.2, 0.25) is 0 Å². The van der Waals surface area contributed by atoms with Crippen molar-refractivity contribution in [1.82, 2.24) is 9.55 Å². The van der Waals surface area contributed by atoms with Crippen molar-refractivity contribution >= 4 is 24.9 Å². The van der Waals surface area contributed by atoms with E-state index in [2.05, 4.69) is 24.6 Å². The number of Topliss-reactive ketones (excluding diaryl/α,β-unsaturated/α-hetero) is 1. The summed E-state index contributed by atoms with van der Waals surface area (Å²) in [5, 5.41) is 0.411. The van der Waals surface area contributed by atoms with E-state index in [1.807, 2.05) is 0 Å². The molecule has 0 amide bonds. The number of hydrogen-bond donors (Lipinski definition) is 0. The van der Waals surface area contributed by atoms with Gasteiger partial charge in [0.05, 0.1) is 18.6 Å². The summed E-state index contributed by atoms with van der Waals surface area (Å²) in [5.41, 5.74) is -0.0337. The number of pyridine rings is 1. The number of hydrogen-bond acceptors (Lipinski definition) is 5. The summed E-state index contributed by atoms with van der Waals surface area (Å²) in [4.78, 5) is 16.8. The minimum Gasteiger partial charge on any atom is -0.450 e. The predicted octanol–water partition coefficient (Wildman–Crippen LogP) is 8.65. The highest BCUT2D eigenvalue weighted by atomic mass is 28.3. The minimum atomic E-state index is -2.64. The SMILES string of the molecule is C[Si](C)(C)CCOCn1cc(-c2ccc(C(F)F)cc2)c2c(Oc3c(F)cc(CC(=O)CCC4(F)COC4)cc3F)ccnc21. The monoisotopic (exact) mass is 646 g/mol. The van der Waals surface area contributed by atoms with Gasteiger partial charge in [0, 0.05) is 51.0 Å². The average molecular weight is 647 g/mol. The summed E-state index contributed by atoms with van der Waals surface area (Å²) in [6, 6.07) is 10.2. The summed E-state index contributed by atoms with van der Waals surface area (Å²) in [5.74, 6) is -2.97.